The van der Waals surface area contributed by atoms with Crippen molar-refractivity contribution < 1.29 is 4.79 Å². The Kier molecular flexibility index (Phi) is 3.06. The first-order valence-corrected chi connectivity index (χ1v) is 4.48. The quantitative estimate of drug-likeness (QED) is 0.711. The number of carbonyl (C=O) groups excluding carboxylic acids is 1. The summed E-state index contributed by atoms with van der Waals surface area (Å²) in [6.45, 7) is 5.55. The zero-order chi connectivity index (χ0) is 10.7. The summed E-state index contributed by atoms with van der Waals surface area (Å²) < 4.78 is 1.44. The lowest BCUT2D eigenvalue weighted by atomic mass is 10.3. The van der Waals surface area contributed by atoms with E-state index in [-0.39, 0.29) is 18.0 Å². The first-order valence-electron chi connectivity index (χ1n) is 4.48. The van der Waals surface area contributed by atoms with Gasteiger partial charge < -0.3 is 11.1 Å². The maximum atomic E-state index is 11.5. The number of rotatable bonds is 3. The molecule has 6 nitrogen and oxygen atoms in total. The number of hydrogen-bond donors (Lipinski definition) is 2. The van der Waals surface area contributed by atoms with Crippen molar-refractivity contribution in [3.63, 3.8) is 0 Å². The van der Waals surface area contributed by atoms with Crippen LogP contribution in [0, 0.1) is 0 Å². The van der Waals surface area contributed by atoms with Crippen LogP contribution in [0.3, 0.4) is 0 Å². The van der Waals surface area contributed by atoms with Crippen LogP contribution in [0.15, 0.2) is 6.20 Å². The van der Waals surface area contributed by atoms with Gasteiger partial charge in [-0.15, -0.1) is 5.10 Å². The molecule has 0 saturated heterocycles. The molecule has 0 aliphatic carbocycles. The summed E-state index contributed by atoms with van der Waals surface area (Å²) in [4.78, 5) is 11.5. The van der Waals surface area contributed by atoms with E-state index in [0.717, 1.165) is 0 Å². The third kappa shape index (κ3) is 2.45. The Morgan fingerprint density at radius 1 is 1.57 bits per heavy atom. The van der Waals surface area contributed by atoms with Gasteiger partial charge in [-0.1, -0.05) is 5.21 Å². The van der Waals surface area contributed by atoms with Gasteiger partial charge in [-0.3, -0.25) is 4.79 Å². The largest absolute Gasteiger partial charge is 0.381 e. The molecular formula is C8H15N5O. The van der Waals surface area contributed by atoms with Crippen molar-refractivity contribution in [1.82, 2.24) is 20.3 Å². The van der Waals surface area contributed by atoms with Gasteiger partial charge in [0, 0.05) is 6.04 Å². The summed E-state index contributed by atoms with van der Waals surface area (Å²) in [5.41, 5.74) is 5.39. The van der Waals surface area contributed by atoms with Gasteiger partial charge in [0.2, 0.25) is 5.91 Å². The van der Waals surface area contributed by atoms with Gasteiger partial charge in [0.25, 0.3) is 0 Å². The first-order chi connectivity index (χ1) is 6.50. The number of nitrogen functional groups attached to an aromatic ring is 1. The SMILES string of the molecule is CC(C)NC(=O)C(C)n1cc(N)nn1. The Labute approximate surface area is 82.5 Å². The van der Waals surface area contributed by atoms with Crippen LogP contribution in [0.1, 0.15) is 26.8 Å². The molecule has 1 aromatic rings. The number of carbonyl (C=O) groups is 1. The van der Waals surface area contributed by atoms with E-state index in [2.05, 4.69) is 15.6 Å². The second-order valence-electron chi connectivity index (χ2n) is 3.46. The van der Waals surface area contributed by atoms with Gasteiger partial charge in [-0.25, -0.2) is 4.68 Å². The maximum absolute atomic E-state index is 11.5. The first kappa shape index (κ1) is 10.5. The standard InChI is InChI=1S/C8H15N5O/c1-5(2)10-8(14)6(3)13-4-7(9)11-12-13/h4-6H,9H2,1-3H3,(H,10,14). The fourth-order valence-electron chi connectivity index (χ4n) is 1.00. The molecule has 0 aromatic carbocycles. The normalized spacial score (nSPS) is 12.9. The summed E-state index contributed by atoms with van der Waals surface area (Å²) in [5.74, 6) is 0.221. The van der Waals surface area contributed by atoms with E-state index >= 15 is 0 Å². The molecule has 78 valence electrons. The van der Waals surface area contributed by atoms with Crippen molar-refractivity contribution in [3.05, 3.63) is 6.20 Å². The lowest BCUT2D eigenvalue weighted by Gasteiger charge is -2.13. The number of nitrogens with one attached hydrogen (secondary N) is 1. The van der Waals surface area contributed by atoms with Crippen LogP contribution in [0.2, 0.25) is 0 Å². The molecule has 3 N–H and O–H groups in total. The Bertz CT molecular complexity index is 319. The fourth-order valence-corrected chi connectivity index (χ4v) is 1.00. The van der Waals surface area contributed by atoms with Crippen molar-refractivity contribution in [3.8, 4) is 0 Å². The van der Waals surface area contributed by atoms with Crippen LogP contribution in [-0.4, -0.2) is 26.9 Å². The van der Waals surface area contributed by atoms with Crippen molar-refractivity contribution in [2.24, 2.45) is 0 Å². The molecule has 0 saturated carbocycles. The van der Waals surface area contributed by atoms with Crippen molar-refractivity contribution in [1.29, 1.82) is 0 Å². The molecule has 1 heterocycles. The number of hydrogen-bond acceptors (Lipinski definition) is 4. The van der Waals surface area contributed by atoms with Crippen molar-refractivity contribution >= 4 is 11.7 Å². The molecule has 6 heteroatoms. The van der Waals surface area contributed by atoms with Gasteiger partial charge >= 0.3 is 0 Å². The molecule has 0 spiro atoms. The topological polar surface area (TPSA) is 85.8 Å². The molecule has 1 aromatic heterocycles. The Balaban J connectivity index is 2.65. The second-order valence-corrected chi connectivity index (χ2v) is 3.46. The summed E-state index contributed by atoms with van der Waals surface area (Å²) in [6.07, 6.45) is 1.53. The molecule has 1 amide bonds. The maximum Gasteiger partial charge on any atom is 0.244 e. The second kappa shape index (κ2) is 4.08. The highest BCUT2D eigenvalue weighted by Gasteiger charge is 2.16. The van der Waals surface area contributed by atoms with Gasteiger partial charge in [0.1, 0.15) is 6.04 Å². The highest BCUT2D eigenvalue weighted by molar-refractivity contribution is 5.80. The molecule has 0 radical (unpaired) electrons. The average Bonchev–Trinajstić information content (AvgIpc) is 2.49. The van der Waals surface area contributed by atoms with Crippen LogP contribution in [0.4, 0.5) is 5.82 Å². The molecular weight excluding hydrogens is 182 g/mol. The number of nitrogens with two attached hydrogens (primary N) is 1. The minimum Gasteiger partial charge on any atom is -0.381 e. The van der Waals surface area contributed by atoms with Crippen LogP contribution in [0.25, 0.3) is 0 Å². The highest BCUT2D eigenvalue weighted by Crippen LogP contribution is 2.05. The van der Waals surface area contributed by atoms with E-state index in [1.165, 1.54) is 10.9 Å². The van der Waals surface area contributed by atoms with Crippen LogP contribution in [0.5, 0.6) is 0 Å². The number of amides is 1. The van der Waals surface area contributed by atoms with Crippen LogP contribution < -0.4 is 11.1 Å². The van der Waals surface area contributed by atoms with Crippen LogP contribution in [-0.2, 0) is 4.79 Å². The molecule has 1 unspecified atom stereocenters. The van der Waals surface area contributed by atoms with Gasteiger partial charge in [-0.2, -0.15) is 0 Å². The van der Waals surface area contributed by atoms with Crippen molar-refractivity contribution in [2.45, 2.75) is 32.9 Å². The van der Waals surface area contributed by atoms with E-state index in [1.54, 1.807) is 6.92 Å². The van der Waals surface area contributed by atoms with Gasteiger partial charge in [-0.05, 0) is 20.8 Å². The van der Waals surface area contributed by atoms with E-state index in [0.29, 0.717) is 5.82 Å². The summed E-state index contributed by atoms with van der Waals surface area (Å²) >= 11 is 0. The fraction of sp³-hybridized carbons (Fsp3) is 0.625. The Hall–Kier alpha value is -1.59. The molecule has 0 fully saturated rings. The molecule has 0 bridgehead atoms. The molecule has 14 heavy (non-hydrogen) atoms. The number of nitrogens with zero attached hydrogens (tertiary/aromatic N) is 3. The third-order valence-corrected chi connectivity index (χ3v) is 1.74. The zero-order valence-electron chi connectivity index (χ0n) is 8.56. The van der Waals surface area contributed by atoms with E-state index in [4.69, 9.17) is 5.73 Å². The third-order valence-electron chi connectivity index (χ3n) is 1.74. The molecule has 1 atom stereocenters. The summed E-state index contributed by atoms with van der Waals surface area (Å²) in [7, 11) is 0. The van der Waals surface area contributed by atoms with E-state index < -0.39 is 0 Å². The van der Waals surface area contributed by atoms with E-state index in [9.17, 15) is 4.79 Å². The summed E-state index contributed by atoms with van der Waals surface area (Å²) in [6, 6.07) is -0.270. The predicted molar refractivity (Wildman–Crippen MR) is 52.4 cm³/mol. The molecule has 0 aliphatic rings. The molecule has 0 aliphatic heterocycles. The molecule has 1 rings (SSSR count). The minimum atomic E-state index is -0.387. The average molecular weight is 197 g/mol. The summed E-state index contributed by atoms with van der Waals surface area (Å²) in [5, 5.41) is 10.1. The smallest absolute Gasteiger partial charge is 0.244 e. The lowest BCUT2D eigenvalue weighted by molar-refractivity contribution is -0.124. The zero-order valence-corrected chi connectivity index (χ0v) is 8.56. The van der Waals surface area contributed by atoms with E-state index in [1.807, 2.05) is 13.8 Å². The monoisotopic (exact) mass is 197 g/mol. The lowest BCUT2D eigenvalue weighted by Crippen LogP contribution is -2.35. The Morgan fingerprint density at radius 2 is 2.21 bits per heavy atom. The van der Waals surface area contributed by atoms with Crippen LogP contribution >= 0.6 is 0 Å². The number of aromatic nitrogens is 3. The van der Waals surface area contributed by atoms with Gasteiger partial charge in [0.15, 0.2) is 5.82 Å². The highest BCUT2D eigenvalue weighted by atomic mass is 16.2. The Morgan fingerprint density at radius 3 is 2.64 bits per heavy atom. The minimum absolute atomic E-state index is 0.0927. The van der Waals surface area contributed by atoms with Gasteiger partial charge in [0.05, 0.1) is 6.20 Å². The van der Waals surface area contributed by atoms with Crippen molar-refractivity contribution in [2.75, 3.05) is 5.73 Å². The predicted octanol–water partition coefficient (Wildman–Crippen LogP) is -0.0541. The number of anilines is 1.